The SMILES string of the molecule is Cc1ccc(C(=O)OC[C@H]2O[C@@H](n3cnc(S(N)(=O)=O)n3)C[C@@H]2OC(=O)c2ccc(C)cc2)cc1. The molecule has 4 rings (SSSR count). The summed E-state index contributed by atoms with van der Waals surface area (Å²) in [6.07, 6.45) is -1.17. The van der Waals surface area contributed by atoms with Gasteiger partial charge in [0.2, 0.25) is 0 Å². The number of esters is 2. The van der Waals surface area contributed by atoms with E-state index in [0.717, 1.165) is 17.5 Å². The molecule has 2 N–H and O–H groups in total. The molecule has 0 amide bonds. The summed E-state index contributed by atoms with van der Waals surface area (Å²) in [7, 11) is -4.11. The molecule has 0 bridgehead atoms. The summed E-state index contributed by atoms with van der Waals surface area (Å²) in [5.41, 5.74) is 2.71. The maximum atomic E-state index is 12.7. The topological polar surface area (TPSA) is 153 Å². The summed E-state index contributed by atoms with van der Waals surface area (Å²) < 4.78 is 41.2. The van der Waals surface area contributed by atoms with Crippen LogP contribution in [0.25, 0.3) is 0 Å². The third-order valence-electron chi connectivity index (χ3n) is 5.43. The lowest BCUT2D eigenvalue weighted by atomic mass is 10.1. The van der Waals surface area contributed by atoms with E-state index in [1.54, 1.807) is 48.5 Å². The molecule has 0 spiro atoms. The predicted octanol–water partition coefficient (Wildman–Crippen LogP) is 1.91. The van der Waals surface area contributed by atoms with Gasteiger partial charge in [-0.3, -0.25) is 0 Å². The molecule has 3 aromatic rings. The molecule has 0 aliphatic carbocycles. The van der Waals surface area contributed by atoms with Crippen molar-refractivity contribution in [2.75, 3.05) is 6.61 Å². The minimum Gasteiger partial charge on any atom is -0.459 e. The Bertz CT molecular complexity index is 1320. The van der Waals surface area contributed by atoms with E-state index in [4.69, 9.17) is 19.3 Å². The van der Waals surface area contributed by atoms with E-state index in [1.165, 1.54) is 4.68 Å². The molecular weight excluding hydrogens is 476 g/mol. The molecule has 11 nitrogen and oxygen atoms in total. The van der Waals surface area contributed by atoms with Crippen molar-refractivity contribution in [2.45, 2.75) is 43.9 Å². The molecule has 0 saturated carbocycles. The number of carbonyl (C=O) groups is 2. The minimum absolute atomic E-state index is 0.123. The number of primary sulfonamides is 1. The number of aryl methyl sites for hydroxylation is 2. The quantitative estimate of drug-likeness (QED) is 0.479. The maximum Gasteiger partial charge on any atom is 0.338 e. The van der Waals surface area contributed by atoms with Gasteiger partial charge in [-0.15, -0.1) is 5.10 Å². The average Bonchev–Trinajstić information content (AvgIpc) is 3.46. The molecule has 184 valence electrons. The van der Waals surface area contributed by atoms with E-state index in [2.05, 4.69) is 10.1 Å². The Morgan fingerprint density at radius 3 is 2.14 bits per heavy atom. The van der Waals surface area contributed by atoms with Crippen LogP contribution >= 0.6 is 0 Å². The predicted molar refractivity (Wildman–Crippen MR) is 122 cm³/mol. The van der Waals surface area contributed by atoms with Gasteiger partial charge in [0.15, 0.2) is 6.23 Å². The zero-order valence-corrected chi connectivity index (χ0v) is 19.8. The molecule has 3 atom stereocenters. The molecule has 1 aliphatic rings. The number of aromatic nitrogens is 3. The van der Waals surface area contributed by atoms with Crippen molar-refractivity contribution >= 4 is 22.0 Å². The number of nitrogens with zero attached hydrogens (tertiary/aromatic N) is 3. The van der Waals surface area contributed by atoms with E-state index in [-0.39, 0.29) is 13.0 Å². The molecule has 2 heterocycles. The van der Waals surface area contributed by atoms with Crippen LogP contribution in [0.3, 0.4) is 0 Å². The van der Waals surface area contributed by atoms with Crippen LogP contribution in [-0.2, 0) is 24.2 Å². The van der Waals surface area contributed by atoms with Crippen molar-refractivity contribution < 1.29 is 32.2 Å². The number of ether oxygens (including phenoxy) is 3. The number of benzene rings is 2. The number of rotatable bonds is 7. The monoisotopic (exact) mass is 500 g/mol. The number of sulfonamides is 1. The minimum atomic E-state index is -4.11. The van der Waals surface area contributed by atoms with Gasteiger partial charge in [-0.2, -0.15) is 0 Å². The third kappa shape index (κ3) is 5.91. The van der Waals surface area contributed by atoms with Crippen LogP contribution < -0.4 is 5.14 Å². The highest BCUT2D eigenvalue weighted by atomic mass is 32.2. The van der Waals surface area contributed by atoms with Gasteiger partial charge in [0.05, 0.1) is 11.1 Å². The first-order valence-electron chi connectivity index (χ1n) is 10.7. The van der Waals surface area contributed by atoms with Crippen molar-refractivity contribution in [3.05, 3.63) is 77.1 Å². The standard InChI is InChI=1S/C23H24N4O7S/c1-14-3-7-16(8-4-14)21(28)32-12-19-18(34-22(29)17-9-5-15(2)6-10-17)11-20(33-19)27-13-25-23(26-27)35(24,30)31/h3-10,13,18-20H,11-12H2,1-2H3,(H2,24,30,31)/t18-,19+,20+/m0/s1. The Kier molecular flexibility index (Phi) is 6.96. The lowest BCUT2D eigenvalue weighted by Crippen LogP contribution is -2.32. The van der Waals surface area contributed by atoms with Gasteiger partial charge in [-0.05, 0) is 38.1 Å². The largest absolute Gasteiger partial charge is 0.459 e. The van der Waals surface area contributed by atoms with Crippen molar-refractivity contribution in [2.24, 2.45) is 5.14 Å². The van der Waals surface area contributed by atoms with E-state index < -0.39 is 45.6 Å². The molecule has 1 fully saturated rings. The van der Waals surface area contributed by atoms with Gasteiger partial charge < -0.3 is 14.2 Å². The summed E-state index contributed by atoms with van der Waals surface area (Å²) in [5, 5.41) is 8.36. The third-order valence-corrected chi connectivity index (χ3v) is 6.13. The van der Waals surface area contributed by atoms with Crippen LogP contribution in [-0.4, -0.2) is 53.9 Å². The second-order valence-electron chi connectivity index (χ2n) is 8.19. The number of nitrogens with two attached hydrogens (primary N) is 1. The van der Waals surface area contributed by atoms with Crippen LogP contribution in [0.1, 0.15) is 44.5 Å². The highest BCUT2D eigenvalue weighted by Gasteiger charge is 2.41. The van der Waals surface area contributed by atoms with Crippen LogP contribution in [0.4, 0.5) is 0 Å². The summed E-state index contributed by atoms with van der Waals surface area (Å²) in [5.74, 6) is -1.13. The molecule has 1 aromatic heterocycles. The first-order chi connectivity index (χ1) is 16.6. The van der Waals surface area contributed by atoms with Crippen LogP contribution in [0, 0.1) is 13.8 Å². The van der Waals surface area contributed by atoms with E-state index >= 15 is 0 Å². The fraction of sp³-hybridized carbons (Fsp3) is 0.304. The molecule has 1 saturated heterocycles. The molecule has 1 aliphatic heterocycles. The Balaban J connectivity index is 1.50. The Labute approximate surface area is 201 Å². The van der Waals surface area contributed by atoms with E-state index in [9.17, 15) is 18.0 Å². The Morgan fingerprint density at radius 1 is 1.03 bits per heavy atom. The number of carbonyl (C=O) groups excluding carboxylic acids is 2. The summed E-state index contributed by atoms with van der Waals surface area (Å²) >= 11 is 0. The number of hydrogen-bond acceptors (Lipinski definition) is 9. The van der Waals surface area contributed by atoms with Crippen molar-refractivity contribution in [1.82, 2.24) is 14.8 Å². The van der Waals surface area contributed by atoms with Gasteiger partial charge in [-0.1, -0.05) is 35.4 Å². The maximum absolute atomic E-state index is 12.7. The van der Waals surface area contributed by atoms with Crippen molar-refractivity contribution in [3.8, 4) is 0 Å². The molecule has 35 heavy (non-hydrogen) atoms. The molecule has 0 unspecified atom stereocenters. The second kappa shape index (κ2) is 9.94. The Morgan fingerprint density at radius 2 is 1.60 bits per heavy atom. The summed E-state index contributed by atoms with van der Waals surface area (Å²) in [4.78, 5) is 28.9. The fourth-order valence-electron chi connectivity index (χ4n) is 3.49. The van der Waals surface area contributed by atoms with Crippen LogP contribution in [0.15, 0.2) is 60.0 Å². The lowest BCUT2D eigenvalue weighted by Gasteiger charge is -2.19. The molecule has 12 heteroatoms. The van der Waals surface area contributed by atoms with Crippen LogP contribution in [0.2, 0.25) is 0 Å². The first kappa shape index (κ1) is 24.5. The summed E-state index contributed by atoms with van der Waals surface area (Å²) in [6, 6.07) is 13.7. The zero-order valence-electron chi connectivity index (χ0n) is 19.0. The molecule has 0 radical (unpaired) electrons. The molecule has 2 aromatic carbocycles. The van der Waals surface area contributed by atoms with Gasteiger partial charge in [0.1, 0.15) is 25.1 Å². The van der Waals surface area contributed by atoms with Gasteiger partial charge in [0, 0.05) is 6.42 Å². The zero-order chi connectivity index (χ0) is 25.2. The van der Waals surface area contributed by atoms with E-state index in [1.807, 2.05) is 13.8 Å². The fourth-order valence-corrected chi connectivity index (χ4v) is 3.89. The van der Waals surface area contributed by atoms with Crippen molar-refractivity contribution in [3.63, 3.8) is 0 Å². The summed E-state index contributed by atoms with van der Waals surface area (Å²) in [6.45, 7) is 3.60. The van der Waals surface area contributed by atoms with E-state index in [0.29, 0.717) is 11.1 Å². The normalized spacial score (nSPS) is 19.9. The van der Waals surface area contributed by atoms with Gasteiger partial charge in [-0.25, -0.2) is 32.8 Å². The first-order valence-corrected chi connectivity index (χ1v) is 12.3. The molecular formula is C23H24N4O7S. The second-order valence-corrected chi connectivity index (χ2v) is 9.65. The highest BCUT2D eigenvalue weighted by Crippen LogP contribution is 2.31. The smallest absolute Gasteiger partial charge is 0.338 e. The average molecular weight is 501 g/mol. The van der Waals surface area contributed by atoms with Gasteiger partial charge in [0.25, 0.3) is 15.2 Å². The van der Waals surface area contributed by atoms with Crippen LogP contribution in [0.5, 0.6) is 0 Å². The number of hydrogen-bond donors (Lipinski definition) is 1. The Hall–Kier alpha value is -3.61. The van der Waals surface area contributed by atoms with Gasteiger partial charge >= 0.3 is 11.9 Å². The lowest BCUT2D eigenvalue weighted by molar-refractivity contribution is -0.0603. The highest BCUT2D eigenvalue weighted by molar-refractivity contribution is 7.89. The van der Waals surface area contributed by atoms with Crippen molar-refractivity contribution in [1.29, 1.82) is 0 Å².